The van der Waals surface area contributed by atoms with Crippen molar-refractivity contribution < 1.29 is 9.53 Å². The van der Waals surface area contributed by atoms with E-state index in [0.717, 1.165) is 22.4 Å². The molecule has 1 aromatic heterocycles. The maximum Gasteiger partial charge on any atom is 0.263 e. The fraction of sp³-hybridized carbons (Fsp3) is 0.200. The molecule has 3 aromatic rings. The maximum absolute atomic E-state index is 12.1. The third-order valence-corrected chi connectivity index (χ3v) is 4.70. The van der Waals surface area contributed by atoms with Gasteiger partial charge in [0.05, 0.1) is 24.4 Å². The number of aromatic nitrogens is 1. The number of nitrogens with zero attached hydrogens (tertiary/aromatic N) is 1. The van der Waals surface area contributed by atoms with Crippen LogP contribution in [0.4, 0.5) is 0 Å². The highest BCUT2D eigenvalue weighted by molar-refractivity contribution is 7.11. The van der Waals surface area contributed by atoms with Gasteiger partial charge in [-0.3, -0.25) is 4.79 Å². The Balaban J connectivity index is 1.51. The van der Waals surface area contributed by atoms with Gasteiger partial charge >= 0.3 is 0 Å². The molecule has 1 N–H and O–H groups in total. The minimum atomic E-state index is -0.0780. The van der Waals surface area contributed by atoms with Crippen LogP contribution in [0, 0.1) is 6.92 Å². The van der Waals surface area contributed by atoms with E-state index in [9.17, 15) is 4.79 Å². The van der Waals surface area contributed by atoms with Crippen molar-refractivity contribution in [2.24, 2.45) is 0 Å². The van der Waals surface area contributed by atoms with Crippen LogP contribution >= 0.6 is 11.3 Å². The number of rotatable bonds is 7. The molecule has 0 bridgehead atoms. The van der Waals surface area contributed by atoms with Crippen molar-refractivity contribution in [3.05, 3.63) is 87.4 Å². The van der Waals surface area contributed by atoms with Crippen LogP contribution in [0.5, 0.6) is 0 Å². The summed E-state index contributed by atoms with van der Waals surface area (Å²) in [5.74, 6) is -0.0780. The Morgan fingerprint density at radius 2 is 1.76 bits per heavy atom. The minimum absolute atomic E-state index is 0.0780. The summed E-state index contributed by atoms with van der Waals surface area (Å²) in [5, 5.41) is 2.94. The molecule has 128 valence electrons. The van der Waals surface area contributed by atoms with Gasteiger partial charge in [-0.1, -0.05) is 54.6 Å². The van der Waals surface area contributed by atoms with E-state index >= 15 is 0 Å². The summed E-state index contributed by atoms with van der Waals surface area (Å²) < 4.78 is 5.77. The van der Waals surface area contributed by atoms with E-state index in [1.165, 1.54) is 11.3 Å². The van der Waals surface area contributed by atoms with Crippen molar-refractivity contribution in [1.29, 1.82) is 0 Å². The van der Waals surface area contributed by atoms with Gasteiger partial charge in [0.1, 0.15) is 4.88 Å². The Morgan fingerprint density at radius 1 is 1.04 bits per heavy atom. The molecule has 0 aliphatic rings. The van der Waals surface area contributed by atoms with Gasteiger partial charge in [-0.25, -0.2) is 4.98 Å². The number of hydrogen-bond acceptors (Lipinski definition) is 4. The number of aryl methyl sites for hydroxylation is 1. The number of carbonyl (C=O) groups excluding carboxylic acids is 1. The van der Waals surface area contributed by atoms with Crippen LogP contribution in [-0.2, 0) is 24.5 Å². The fourth-order valence-corrected chi connectivity index (χ4v) is 3.19. The molecular weight excluding hydrogens is 332 g/mol. The first-order valence-electron chi connectivity index (χ1n) is 8.10. The summed E-state index contributed by atoms with van der Waals surface area (Å²) >= 11 is 1.36. The number of carbonyl (C=O) groups is 1. The highest BCUT2D eigenvalue weighted by Gasteiger charge is 2.11. The summed E-state index contributed by atoms with van der Waals surface area (Å²) in [6, 6.07) is 18.2. The molecule has 0 fully saturated rings. The average Bonchev–Trinajstić information content (AvgIpc) is 3.07. The fourth-order valence-electron chi connectivity index (χ4n) is 2.47. The molecule has 1 amide bonds. The highest BCUT2D eigenvalue weighted by atomic mass is 32.1. The highest BCUT2D eigenvalue weighted by Crippen LogP contribution is 2.13. The SMILES string of the molecule is Cc1ncsc1C(=O)NCc1cccc(COCc2ccccc2)c1. The van der Waals surface area contributed by atoms with Crippen LogP contribution in [0.25, 0.3) is 0 Å². The number of hydrogen-bond donors (Lipinski definition) is 1. The molecule has 5 heteroatoms. The van der Waals surface area contributed by atoms with Gasteiger partial charge in [-0.15, -0.1) is 11.3 Å². The van der Waals surface area contributed by atoms with E-state index in [0.29, 0.717) is 24.6 Å². The first kappa shape index (κ1) is 17.3. The van der Waals surface area contributed by atoms with Crippen molar-refractivity contribution in [2.75, 3.05) is 0 Å². The summed E-state index contributed by atoms with van der Waals surface area (Å²) in [4.78, 5) is 16.9. The van der Waals surface area contributed by atoms with E-state index in [2.05, 4.69) is 16.4 Å². The van der Waals surface area contributed by atoms with Crippen molar-refractivity contribution in [3.8, 4) is 0 Å². The Labute approximate surface area is 151 Å². The molecular formula is C20H20N2O2S. The number of amides is 1. The Kier molecular flexibility index (Phi) is 5.93. The van der Waals surface area contributed by atoms with Gasteiger partial charge < -0.3 is 10.1 Å². The van der Waals surface area contributed by atoms with E-state index in [1.807, 2.05) is 55.5 Å². The van der Waals surface area contributed by atoms with Crippen LogP contribution in [0.3, 0.4) is 0 Å². The van der Waals surface area contributed by atoms with E-state index in [4.69, 9.17) is 4.74 Å². The van der Waals surface area contributed by atoms with E-state index in [1.54, 1.807) is 5.51 Å². The van der Waals surface area contributed by atoms with Gasteiger partial charge in [0.2, 0.25) is 0 Å². The second-order valence-corrected chi connectivity index (χ2v) is 6.60. The zero-order valence-electron chi connectivity index (χ0n) is 14.1. The van der Waals surface area contributed by atoms with Crippen molar-refractivity contribution >= 4 is 17.2 Å². The quantitative estimate of drug-likeness (QED) is 0.696. The molecule has 0 unspecified atom stereocenters. The lowest BCUT2D eigenvalue weighted by Crippen LogP contribution is -2.22. The summed E-state index contributed by atoms with van der Waals surface area (Å²) in [6.45, 7) is 3.47. The molecule has 2 aromatic carbocycles. The first-order valence-corrected chi connectivity index (χ1v) is 8.98. The summed E-state index contributed by atoms with van der Waals surface area (Å²) in [6.07, 6.45) is 0. The van der Waals surface area contributed by atoms with Crippen molar-refractivity contribution in [3.63, 3.8) is 0 Å². The first-order chi connectivity index (χ1) is 12.2. The van der Waals surface area contributed by atoms with Crippen molar-refractivity contribution in [2.45, 2.75) is 26.7 Å². The summed E-state index contributed by atoms with van der Waals surface area (Å²) in [5.41, 5.74) is 5.76. The molecule has 0 saturated heterocycles. The molecule has 0 radical (unpaired) electrons. The molecule has 0 aliphatic heterocycles. The molecule has 0 aliphatic carbocycles. The Morgan fingerprint density at radius 3 is 2.52 bits per heavy atom. The molecule has 4 nitrogen and oxygen atoms in total. The van der Waals surface area contributed by atoms with Gasteiger partial charge in [-0.05, 0) is 23.6 Å². The molecule has 25 heavy (non-hydrogen) atoms. The van der Waals surface area contributed by atoms with Crippen molar-refractivity contribution in [1.82, 2.24) is 10.3 Å². The monoisotopic (exact) mass is 352 g/mol. The molecule has 0 spiro atoms. The zero-order chi connectivity index (χ0) is 17.5. The summed E-state index contributed by atoms with van der Waals surface area (Å²) in [7, 11) is 0. The minimum Gasteiger partial charge on any atom is -0.372 e. The van der Waals surface area contributed by atoms with Gasteiger partial charge in [0.15, 0.2) is 0 Å². The van der Waals surface area contributed by atoms with Crippen LogP contribution < -0.4 is 5.32 Å². The van der Waals surface area contributed by atoms with Gasteiger partial charge in [0, 0.05) is 6.54 Å². The number of ether oxygens (including phenoxy) is 1. The van der Waals surface area contributed by atoms with Crippen LogP contribution in [0.1, 0.15) is 32.1 Å². The van der Waals surface area contributed by atoms with Crippen LogP contribution in [0.2, 0.25) is 0 Å². The largest absolute Gasteiger partial charge is 0.372 e. The smallest absolute Gasteiger partial charge is 0.263 e. The number of nitrogens with one attached hydrogen (secondary N) is 1. The number of benzene rings is 2. The van der Waals surface area contributed by atoms with Gasteiger partial charge in [0.25, 0.3) is 5.91 Å². The average molecular weight is 352 g/mol. The lowest BCUT2D eigenvalue weighted by atomic mass is 10.1. The standard InChI is InChI=1S/C20H20N2O2S/c1-15-19(25-14-22-15)20(23)21-11-17-8-5-9-18(10-17)13-24-12-16-6-3-2-4-7-16/h2-10,14H,11-13H2,1H3,(H,21,23). The van der Waals surface area contributed by atoms with Gasteiger partial charge in [-0.2, -0.15) is 0 Å². The third-order valence-electron chi connectivity index (χ3n) is 3.78. The second-order valence-electron chi connectivity index (χ2n) is 5.75. The zero-order valence-corrected chi connectivity index (χ0v) is 14.9. The topological polar surface area (TPSA) is 51.2 Å². The molecule has 1 heterocycles. The third kappa shape index (κ3) is 4.98. The molecule has 0 atom stereocenters. The lowest BCUT2D eigenvalue weighted by molar-refractivity contribution is 0.0954. The Bertz CT molecular complexity index is 830. The van der Waals surface area contributed by atoms with Crippen LogP contribution in [-0.4, -0.2) is 10.9 Å². The molecule has 0 saturated carbocycles. The predicted molar refractivity (Wildman–Crippen MR) is 99.4 cm³/mol. The van der Waals surface area contributed by atoms with E-state index in [-0.39, 0.29) is 5.91 Å². The maximum atomic E-state index is 12.1. The lowest BCUT2D eigenvalue weighted by Gasteiger charge is -2.08. The number of thiazole rings is 1. The van der Waals surface area contributed by atoms with E-state index < -0.39 is 0 Å². The normalized spacial score (nSPS) is 10.6. The predicted octanol–water partition coefficient (Wildman–Crippen LogP) is 4.10. The molecule has 3 rings (SSSR count). The van der Waals surface area contributed by atoms with Crippen LogP contribution in [0.15, 0.2) is 60.1 Å². The Hall–Kier alpha value is -2.50. The second kappa shape index (κ2) is 8.55.